The molecule has 0 atom stereocenters. The lowest BCUT2D eigenvalue weighted by molar-refractivity contribution is -0.374. The molecule has 1 aromatic rings. The van der Waals surface area contributed by atoms with Crippen molar-refractivity contribution in [3.05, 3.63) is 35.9 Å². The molecule has 1 amide bonds. The van der Waals surface area contributed by atoms with E-state index < -0.39 is 0 Å². The van der Waals surface area contributed by atoms with Gasteiger partial charge in [0.25, 0.3) is 0 Å². The molecule has 0 heterocycles. The third-order valence-corrected chi connectivity index (χ3v) is 1.57. The first-order valence-corrected chi connectivity index (χ1v) is 3.86. The first-order valence-electron chi connectivity index (χ1n) is 3.86. The van der Waals surface area contributed by atoms with Crippen LogP contribution in [0.5, 0.6) is 0 Å². The fourth-order valence-electron chi connectivity index (χ4n) is 1.02. The van der Waals surface area contributed by atoms with Crippen molar-refractivity contribution in [2.75, 3.05) is 0 Å². The molecule has 1 rings (SSSR count). The second-order valence-electron chi connectivity index (χ2n) is 2.67. The van der Waals surface area contributed by atoms with Crippen molar-refractivity contribution < 1.29 is 9.79 Å². The monoisotopic (exact) mass is 162 g/mol. The summed E-state index contributed by atoms with van der Waals surface area (Å²) in [5, 5.41) is 0. The third-order valence-electron chi connectivity index (χ3n) is 1.57. The van der Waals surface area contributed by atoms with Crippen molar-refractivity contribution in [3.8, 4) is 0 Å². The number of nitrogens with one attached hydrogen (secondary N) is 1. The molecule has 62 valence electrons. The van der Waals surface area contributed by atoms with Crippen LogP contribution in [0, 0.1) is 0 Å². The summed E-state index contributed by atoms with van der Waals surface area (Å²) in [6.45, 7) is 3.39. The lowest BCUT2D eigenvalue weighted by Crippen LogP contribution is -2.76. The van der Waals surface area contributed by atoms with Gasteiger partial charge in [-0.25, -0.2) is 4.79 Å². The predicted octanol–water partition coefficient (Wildman–Crippen LogP) is 0.123. The van der Waals surface area contributed by atoms with Crippen molar-refractivity contribution in [3.63, 3.8) is 0 Å². The van der Waals surface area contributed by atoms with Gasteiger partial charge in [0, 0.05) is 12.5 Å². The molecule has 0 aliphatic heterocycles. The van der Waals surface area contributed by atoms with E-state index in [9.17, 15) is 4.79 Å². The summed E-state index contributed by atoms with van der Waals surface area (Å²) in [4.78, 5) is 13.4. The number of carbonyl (C=O) groups excluding carboxylic acids is 1. The minimum Gasteiger partial charge on any atom is -0.220 e. The molecular weight excluding hydrogens is 150 g/mol. The van der Waals surface area contributed by atoms with Crippen molar-refractivity contribution in [2.45, 2.75) is 13.8 Å². The van der Waals surface area contributed by atoms with E-state index in [1.165, 1.54) is 6.92 Å². The molecule has 0 saturated carbocycles. The minimum atomic E-state index is -0.0312. The molecule has 0 aliphatic carbocycles. The first kappa shape index (κ1) is 8.65. The van der Waals surface area contributed by atoms with Crippen LogP contribution in [0.3, 0.4) is 0 Å². The van der Waals surface area contributed by atoms with Crippen molar-refractivity contribution in [1.82, 2.24) is 0 Å². The Kier molecular flexibility index (Phi) is 2.75. The van der Waals surface area contributed by atoms with Gasteiger partial charge in [0.15, 0.2) is 5.71 Å². The second kappa shape index (κ2) is 3.81. The standard InChI is InChI=1S/C10H11NO/c1-8(11-9(2)12)10-6-4-3-5-7-10/h3-7H,1-2H3/p+1. The number of amides is 1. The van der Waals surface area contributed by atoms with Crippen LogP contribution in [-0.4, -0.2) is 11.6 Å². The van der Waals surface area contributed by atoms with Crippen LogP contribution in [0.25, 0.3) is 0 Å². The predicted molar refractivity (Wildman–Crippen MR) is 47.9 cm³/mol. The fourth-order valence-corrected chi connectivity index (χ4v) is 1.02. The Balaban J connectivity index is 2.93. The molecule has 0 unspecified atom stereocenters. The van der Waals surface area contributed by atoms with Gasteiger partial charge in [0.1, 0.15) is 0 Å². The molecule has 0 bridgehead atoms. The zero-order valence-corrected chi connectivity index (χ0v) is 7.29. The van der Waals surface area contributed by atoms with Gasteiger partial charge in [-0.3, -0.25) is 0 Å². The van der Waals surface area contributed by atoms with E-state index in [0.717, 1.165) is 11.3 Å². The Morgan fingerprint density at radius 3 is 2.25 bits per heavy atom. The highest BCUT2D eigenvalue weighted by molar-refractivity contribution is 5.96. The van der Waals surface area contributed by atoms with E-state index >= 15 is 0 Å². The highest BCUT2D eigenvalue weighted by Gasteiger charge is 2.03. The van der Waals surface area contributed by atoms with Gasteiger partial charge in [0.05, 0.1) is 6.92 Å². The normalized spacial score (nSPS) is 11.3. The molecule has 0 spiro atoms. The summed E-state index contributed by atoms with van der Waals surface area (Å²) >= 11 is 0. The Hall–Kier alpha value is -1.44. The number of hydrogen-bond donors (Lipinski definition) is 1. The maximum Gasteiger partial charge on any atom is 0.382 e. The second-order valence-corrected chi connectivity index (χ2v) is 2.67. The van der Waals surface area contributed by atoms with Gasteiger partial charge >= 0.3 is 5.91 Å². The Bertz CT molecular complexity index is 301. The van der Waals surface area contributed by atoms with E-state index in [0.29, 0.717) is 0 Å². The number of hydrogen-bond acceptors (Lipinski definition) is 1. The number of benzene rings is 1. The van der Waals surface area contributed by atoms with Gasteiger partial charge in [-0.2, -0.15) is 4.99 Å². The molecule has 0 fully saturated rings. The molecule has 1 aromatic carbocycles. The largest absolute Gasteiger partial charge is 0.382 e. The van der Waals surface area contributed by atoms with Crippen molar-refractivity contribution in [2.24, 2.45) is 0 Å². The first-order chi connectivity index (χ1) is 5.70. The van der Waals surface area contributed by atoms with Crippen LogP contribution in [0.4, 0.5) is 0 Å². The van der Waals surface area contributed by atoms with E-state index in [2.05, 4.69) is 4.99 Å². The van der Waals surface area contributed by atoms with Crippen LogP contribution < -0.4 is 4.99 Å². The SMILES string of the molecule is CC(=O)[NH+]=C(C)c1ccccc1. The smallest absolute Gasteiger partial charge is 0.220 e. The van der Waals surface area contributed by atoms with Crippen molar-refractivity contribution in [1.29, 1.82) is 0 Å². The van der Waals surface area contributed by atoms with Crippen LogP contribution >= 0.6 is 0 Å². The summed E-state index contributed by atoms with van der Waals surface area (Å²) in [6.07, 6.45) is 0. The molecular formula is C10H12NO+. The van der Waals surface area contributed by atoms with E-state index in [1.807, 2.05) is 37.3 Å². The van der Waals surface area contributed by atoms with Crippen LogP contribution in [-0.2, 0) is 4.79 Å². The summed E-state index contributed by atoms with van der Waals surface area (Å²) < 4.78 is 0. The Morgan fingerprint density at radius 2 is 1.75 bits per heavy atom. The molecule has 0 radical (unpaired) electrons. The average Bonchev–Trinajstić information content (AvgIpc) is 2.05. The van der Waals surface area contributed by atoms with Gasteiger partial charge in [-0.05, 0) is 12.1 Å². The molecule has 2 nitrogen and oxygen atoms in total. The van der Waals surface area contributed by atoms with Crippen LogP contribution in [0.2, 0.25) is 0 Å². The van der Waals surface area contributed by atoms with Gasteiger partial charge < -0.3 is 0 Å². The van der Waals surface area contributed by atoms with E-state index in [-0.39, 0.29) is 5.91 Å². The summed E-state index contributed by atoms with van der Waals surface area (Å²) in [5.74, 6) is -0.0312. The molecule has 0 aliphatic rings. The highest BCUT2D eigenvalue weighted by atomic mass is 16.1. The summed E-state index contributed by atoms with van der Waals surface area (Å²) in [6, 6.07) is 9.77. The third kappa shape index (κ3) is 2.31. The zero-order chi connectivity index (χ0) is 8.97. The Morgan fingerprint density at radius 1 is 1.17 bits per heavy atom. The number of rotatable bonds is 1. The lowest BCUT2D eigenvalue weighted by Gasteiger charge is -1.91. The van der Waals surface area contributed by atoms with E-state index in [4.69, 9.17) is 0 Å². The number of carbonyl (C=O) groups is 1. The highest BCUT2D eigenvalue weighted by Crippen LogP contribution is 1.95. The van der Waals surface area contributed by atoms with Gasteiger partial charge in [-0.15, -0.1) is 0 Å². The van der Waals surface area contributed by atoms with E-state index in [1.54, 1.807) is 0 Å². The molecule has 2 heteroatoms. The average molecular weight is 162 g/mol. The molecule has 1 N–H and O–H groups in total. The molecule has 0 saturated heterocycles. The zero-order valence-electron chi connectivity index (χ0n) is 7.29. The summed E-state index contributed by atoms with van der Waals surface area (Å²) in [5.41, 5.74) is 1.94. The molecule has 12 heavy (non-hydrogen) atoms. The maximum atomic E-state index is 10.7. The minimum absolute atomic E-state index is 0.0312. The fraction of sp³-hybridized carbons (Fsp3) is 0.200. The van der Waals surface area contributed by atoms with Gasteiger partial charge in [-0.1, -0.05) is 18.2 Å². The lowest BCUT2D eigenvalue weighted by atomic mass is 10.1. The quantitative estimate of drug-likeness (QED) is 0.584. The topological polar surface area (TPSA) is 31.0 Å². The van der Waals surface area contributed by atoms with Gasteiger partial charge in [0.2, 0.25) is 0 Å². The van der Waals surface area contributed by atoms with Crippen LogP contribution in [0.15, 0.2) is 30.3 Å². The maximum absolute atomic E-state index is 10.7. The molecule has 0 aromatic heterocycles. The van der Waals surface area contributed by atoms with Crippen molar-refractivity contribution >= 4 is 11.6 Å². The summed E-state index contributed by atoms with van der Waals surface area (Å²) in [7, 11) is 0. The Labute approximate surface area is 71.9 Å². The van der Waals surface area contributed by atoms with Crippen LogP contribution in [0.1, 0.15) is 19.4 Å².